The first-order chi connectivity index (χ1) is 10.5. The largest absolute Gasteiger partial charge is 0.497 e. The second-order valence-corrected chi connectivity index (χ2v) is 4.81. The van der Waals surface area contributed by atoms with Gasteiger partial charge in [0.05, 0.1) is 18.4 Å². The van der Waals surface area contributed by atoms with Gasteiger partial charge in [0.25, 0.3) is 5.91 Å². The second kappa shape index (κ2) is 6.82. The summed E-state index contributed by atoms with van der Waals surface area (Å²) in [6.45, 7) is 0. The molecule has 0 heterocycles. The highest BCUT2D eigenvalue weighted by atomic mass is 35.5. The molecule has 114 valence electrons. The summed E-state index contributed by atoms with van der Waals surface area (Å²) in [4.78, 5) is 23.3. The van der Waals surface area contributed by atoms with Crippen molar-refractivity contribution in [1.82, 2.24) is 0 Å². The zero-order valence-corrected chi connectivity index (χ0v) is 12.5. The van der Waals surface area contributed by atoms with E-state index in [-0.39, 0.29) is 5.56 Å². The summed E-state index contributed by atoms with van der Waals surface area (Å²) < 4.78 is 5.07. The van der Waals surface area contributed by atoms with E-state index in [4.69, 9.17) is 22.1 Å². The molecule has 0 spiro atoms. The zero-order chi connectivity index (χ0) is 16.1. The number of nitrogens with two attached hydrogens (primary N) is 1. The molecule has 0 aromatic heterocycles. The Labute approximate surface area is 132 Å². The number of rotatable bonds is 4. The minimum Gasteiger partial charge on any atom is -0.497 e. The van der Waals surface area contributed by atoms with Gasteiger partial charge in [-0.25, -0.2) is 4.79 Å². The molecule has 0 aliphatic carbocycles. The maximum Gasteiger partial charge on any atom is 0.323 e. The lowest BCUT2D eigenvalue weighted by Crippen LogP contribution is -2.22. The van der Waals surface area contributed by atoms with Crippen LogP contribution in [0, 0.1) is 0 Å². The average Bonchev–Trinajstić information content (AvgIpc) is 2.46. The van der Waals surface area contributed by atoms with Crippen molar-refractivity contribution in [3.63, 3.8) is 0 Å². The van der Waals surface area contributed by atoms with Crippen molar-refractivity contribution in [2.24, 2.45) is 5.73 Å². The number of hydrogen-bond acceptors (Lipinski definition) is 3. The monoisotopic (exact) mass is 319 g/mol. The number of primary amides is 1. The number of ether oxygens (including phenoxy) is 1. The Balaban J connectivity index is 2.14. The number of carbonyl (C=O) groups excluding carboxylic acids is 2. The predicted octanol–water partition coefficient (Wildman–Crippen LogP) is 3.09. The lowest BCUT2D eigenvalue weighted by Gasteiger charge is -2.11. The van der Waals surface area contributed by atoms with E-state index in [1.54, 1.807) is 36.4 Å². The van der Waals surface area contributed by atoms with E-state index < -0.39 is 11.9 Å². The molecule has 0 radical (unpaired) electrons. The molecule has 0 saturated carbocycles. The second-order valence-electron chi connectivity index (χ2n) is 4.37. The fourth-order valence-electron chi connectivity index (χ4n) is 1.84. The summed E-state index contributed by atoms with van der Waals surface area (Å²) in [7, 11) is 1.50. The van der Waals surface area contributed by atoms with Crippen LogP contribution in [0.25, 0.3) is 0 Å². The third kappa shape index (κ3) is 3.89. The predicted molar refractivity (Wildman–Crippen MR) is 85.6 cm³/mol. The molecular formula is C15H14ClN3O3. The molecule has 0 saturated heterocycles. The number of halogens is 1. The minimum atomic E-state index is -0.625. The van der Waals surface area contributed by atoms with Gasteiger partial charge in [-0.3, -0.25) is 4.79 Å². The zero-order valence-electron chi connectivity index (χ0n) is 11.7. The van der Waals surface area contributed by atoms with Crippen LogP contribution in [0.2, 0.25) is 5.02 Å². The van der Waals surface area contributed by atoms with Gasteiger partial charge in [0, 0.05) is 16.8 Å². The molecule has 2 aromatic rings. The van der Waals surface area contributed by atoms with E-state index in [2.05, 4.69) is 10.6 Å². The number of hydrogen-bond donors (Lipinski definition) is 3. The number of nitrogens with one attached hydrogen (secondary N) is 2. The third-order valence-corrected chi connectivity index (χ3v) is 3.02. The highest BCUT2D eigenvalue weighted by Crippen LogP contribution is 2.24. The Morgan fingerprint density at radius 1 is 1.14 bits per heavy atom. The number of anilines is 2. The SMILES string of the molecule is COc1cc(Cl)cc(NC(=O)Nc2ccccc2C(N)=O)c1. The van der Waals surface area contributed by atoms with Crippen LogP contribution < -0.4 is 21.1 Å². The van der Waals surface area contributed by atoms with Crippen molar-refractivity contribution in [3.8, 4) is 5.75 Å². The van der Waals surface area contributed by atoms with Crippen LogP contribution in [0.4, 0.5) is 16.2 Å². The molecule has 0 fully saturated rings. The van der Waals surface area contributed by atoms with Gasteiger partial charge >= 0.3 is 6.03 Å². The number of urea groups is 1. The number of methoxy groups -OCH3 is 1. The average molecular weight is 320 g/mol. The molecule has 6 nitrogen and oxygen atoms in total. The molecule has 3 amide bonds. The summed E-state index contributed by atoms with van der Waals surface area (Å²) in [6, 6.07) is 10.7. The van der Waals surface area contributed by atoms with E-state index in [1.807, 2.05) is 0 Å². The summed E-state index contributed by atoms with van der Waals surface area (Å²) in [5, 5.41) is 5.59. The summed E-state index contributed by atoms with van der Waals surface area (Å²) >= 11 is 5.93. The summed E-state index contributed by atoms with van der Waals surface area (Å²) in [5.41, 5.74) is 6.26. The topological polar surface area (TPSA) is 93.4 Å². The van der Waals surface area contributed by atoms with Crippen molar-refractivity contribution in [2.75, 3.05) is 17.7 Å². The third-order valence-electron chi connectivity index (χ3n) is 2.81. The Morgan fingerprint density at radius 2 is 1.86 bits per heavy atom. The van der Waals surface area contributed by atoms with Gasteiger partial charge in [0.15, 0.2) is 0 Å². The van der Waals surface area contributed by atoms with Gasteiger partial charge in [-0.05, 0) is 24.3 Å². The standard InChI is InChI=1S/C15H14ClN3O3/c1-22-11-7-9(16)6-10(8-11)18-15(21)19-13-5-3-2-4-12(13)14(17)20/h2-8H,1H3,(H2,17,20)(H2,18,19,21). The molecular weight excluding hydrogens is 306 g/mol. The number of carbonyl (C=O) groups is 2. The van der Waals surface area contributed by atoms with Crippen LogP contribution >= 0.6 is 11.6 Å². The minimum absolute atomic E-state index is 0.223. The summed E-state index contributed by atoms with van der Waals surface area (Å²) in [6.07, 6.45) is 0. The molecule has 0 bridgehead atoms. The molecule has 7 heteroatoms. The Morgan fingerprint density at radius 3 is 2.55 bits per heavy atom. The smallest absolute Gasteiger partial charge is 0.323 e. The lowest BCUT2D eigenvalue weighted by atomic mass is 10.1. The van der Waals surface area contributed by atoms with E-state index in [0.717, 1.165) is 0 Å². The lowest BCUT2D eigenvalue weighted by molar-refractivity contribution is 0.100. The van der Waals surface area contributed by atoms with E-state index in [1.165, 1.54) is 13.2 Å². The van der Waals surface area contributed by atoms with E-state index in [9.17, 15) is 9.59 Å². The Bertz CT molecular complexity index is 719. The molecule has 2 aromatic carbocycles. The van der Waals surface area contributed by atoms with Gasteiger partial charge in [0.2, 0.25) is 0 Å². The summed E-state index contributed by atoms with van der Waals surface area (Å²) in [5.74, 6) is -0.110. The molecule has 0 atom stereocenters. The van der Waals surface area contributed by atoms with Gasteiger partial charge in [-0.2, -0.15) is 0 Å². The van der Waals surface area contributed by atoms with Gasteiger partial charge in [0.1, 0.15) is 5.75 Å². The Kier molecular flexibility index (Phi) is 4.85. The van der Waals surface area contributed by atoms with Crippen molar-refractivity contribution < 1.29 is 14.3 Å². The fourth-order valence-corrected chi connectivity index (χ4v) is 2.07. The highest BCUT2D eigenvalue weighted by molar-refractivity contribution is 6.31. The molecule has 22 heavy (non-hydrogen) atoms. The van der Waals surface area contributed by atoms with E-state index >= 15 is 0 Å². The first-order valence-corrected chi connectivity index (χ1v) is 6.69. The van der Waals surface area contributed by atoms with Gasteiger partial charge in [-0.15, -0.1) is 0 Å². The Hall–Kier alpha value is -2.73. The maximum absolute atomic E-state index is 12.0. The number of benzene rings is 2. The van der Waals surface area contributed by atoms with Gasteiger partial charge in [-0.1, -0.05) is 23.7 Å². The molecule has 2 rings (SSSR count). The number of para-hydroxylation sites is 1. The van der Waals surface area contributed by atoms with Crippen molar-refractivity contribution in [3.05, 3.63) is 53.1 Å². The van der Waals surface area contributed by atoms with Crippen LogP contribution in [0.1, 0.15) is 10.4 Å². The van der Waals surface area contributed by atoms with Crippen LogP contribution in [0.15, 0.2) is 42.5 Å². The van der Waals surface area contributed by atoms with Crippen LogP contribution in [-0.4, -0.2) is 19.0 Å². The molecule has 0 unspecified atom stereocenters. The molecule has 4 N–H and O–H groups in total. The van der Waals surface area contributed by atoms with Crippen molar-refractivity contribution in [1.29, 1.82) is 0 Å². The normalized spacial score (nSPS) is 9.91. The van der Waals surface area contributed by atoms with E-state index in [0.29, 0.717) is 22.1 Å². The van der Waals surface area contributed by atoms with Crippen LogP contribution in [0.5, 0.6) is 5.75 Å². The highest BCUT2D eigenvalue weighted by Gasteiger charge is 2.11. The molecule has 0 aliphatic rings. The maximum atomic E-state index is 12.0. The van der Waals surface area contributed by atoms with Crippen molar-refractivity contribution >= 4 is 34.9 Å². The first kappa shape index (κ1) is 15.7. The van der Waals surface area contributed by atoms with Crippen LogP contribution in [-0.2, 0) is 0 Å². The fraction of sp³-hybridized carbons (Fsp3) is 0.0667. The van der Waals surface area contributed by atoms with Crippen molar-refractivity contribution in [2.45, 2.75) is 0 Å². The van der Waals surface area contributed by atoms with Gasteiger partial charge < -0.3 is 21.1 Å². The number of amides is 3. The van der Waals surface area contributed by atoms with Crippen LogP contribution in [0.3, 0.4) is 0 Å². The first-order valence-electron chi connectivity index (χ1n) is 6.31. The quantitative estimate of drug-likeness (QED) is 0.808. The molecule has 0 aliphatic heterocycles.